The van der Waals surface area contributed by atoms with E-state index in [0.717, 1.165) is 11.3 Å². The molecule has 5 nitrogen and oxygen atoms in total. The van der Waals surface area contributed by atoms with E-state index in [1.54, 1.807) is 12.1 Å². The molecule has 2 rings (SSSR count). The highest BCUT2D eigenvalue weighted by atomic mass is 79.9. The molecule has 0 aliphatic rings. The van der Waals surface area contributed by atoms with Crippen LogP contribution < -0.4 is 5.32 Å². The van der Waals surface area contributed by atoms with Crippen LogP contribution in [0.3, 0.4) is 0 Å². The number of methoxy groups -OCH3 is 1. The summed E-state index contributed by atoms with van der Waals surface area (Å²) < 4.78 is 4.66. The number of ether oxygens (including phenoxy) is 1. The van der Waals surface area contributed by atoms with Crippen molar-refractivity contribution in [1.82, 2.24) is 0 Å². The molecule has 0 radical (unpaired) electrons. The minimum atomic E-state index is -0.491. The molecule has 2 aromatic rings. The number of halogens is 1. The number of carbonyl (C=O) groups excluding carboxylic acids is 1. The van der Waals surface area contributed by atoms with Gasteiger partial charge in [0.2, 0.25) is 0 Å². The molecule has 2 aromatic carbocycles. The van der Waals surface area contributed by atoms with Crippen molar-refractivity contribution in [3.05, 3.63) is 59.2 Å². The third-order valence-electron chi connectivity index (χ3n) is 3.22. The smallest absolute Gasteiger partial charge is 0.337 e. The topological polar surface area (TPSA) is 86.0 Å². The Morgan fingerprint density at radius 1 is 1.30 bits per heavy atom. The van der Waals surface area contributed by atoms with Crippen LogP contribution in [0.15, 0.2) is 42.5 Å². The van der Waals surface area contributed by atoms with Gasteiger partial charge in [0.15, 0.2) is 0 Å². The van der Waals surface area contributed by atoms with E-state index in [1.165, 1.54) is 13.2 Å². The van der Waals surface area contributed by atoms with Crippen LogP contribution in [0.2, 0.25) is 0 Å². The van der Waals surface area contributed by atoms with Gasteiger partial charge in [0.25, 0.3) is 0 Å². The number of carbonyl (C=O) groups is 1. The van der Waals surface area contributed by atoms with Gasteiger partial charge in [-0.3, -0.25) is 0 Å². The lowest BCUT2D eigenvalue weighted by Crippen LogP contribution is -2.06. The second-order valence-corrected chi connectivity index (χ2v) is 5.21. The summed E-state index contributed by atoms with van der Waals surface area (Å²) in [7, 11) is 1.29. The first-order valence-electron chi connectivity index (χ1n) is 6.73. The van der Waals surface area contributed by atoms with E-state index < -0.39 is 5.97 Å². The average molecular weight is 372 g/mol. The number of nitrogens with one attached hydrogen (secondary N) is 2. The molecule has 0 atom stereocenters. The molecule has 0 unspecified atom stereocenters. The van der Waals surface area contributed by atoms with Crippen LogP contribution in [0.25, 0.3) is 0 Å². The maximum atomic E-state index is 11.5. The molecule has 6 heteroatoms. The molecule has 116 valence electrons. The maximum absolute atomic E-state index is 11.5. The maximum Gasteiger partial charge on any atom is 0.337 e. The van der Waals surface area contributed by atoms with Gasteiger partial charge >= 0.3 is 5.97 Å². The Kier molecular flexibility index (Phi) is 5.50. The number of hydrogen-bond donors (Lipinski definition) is 2. The molecule has 23 heavy (non-hydrogen) atoms. The van der Waals surface area contributed by atoms with Crippen molar-refractivity contribution >= 4 is 39.0 Å². The van der Waals surface area contributed by atoms with Gasteiger partial charge in [-0.1, -0.05) is 34.1 Å². The molecular weight excluding hydrogens is 358 g/mol. The number of nitrogens with zero attached hydrogens (tertiary/aromatic N) is 1. The zero-order chi connectivity index (χ0) is 16.8. The van der Waals surface area contributed by atoms with E-state index in [9.17, 15) is 10.1 Å². The van der Waals surface area contributed by atoms with Gasteiger partial charge in [-0.15, -0.1) is 0 Å². The van der Waals surface area contributed by atoms with Crippen molar-refractivity contribution in [3.63, 3.8) is 0 Å². The number of para-hydroxylation sites is 1. The molecule has 0 amide bonds. The Balaban J connectivity index is 2.40. The van der Waals surface area contributed by atoms with Gasteiger partial charge in [-0.2, -0.15) is 5.26 Å². The molecule has 0 saturated heterocycles. The Hall–Kier alpha value is -2.65. The Morgan fingerprint density at radius 2 is 2.04 bits per heavy atom. The van der Waals surface area contributed by atoms with Crippen LogP contribution in [0.1, 0.15) is 21.5 Å². The molecule has 0 aliphatic heterocycles. The summed E-state index contributed by atoms with van der Waals surface area (Å²) in [6, 6.07) is 14.2. The lowest BCUT2D eigenvalue weighted by Gasteiger charge is -2.13. The fourth-order valence-corrected chi connectivity index (χ4v) is 2.36. The zero-order valence-electron chi connectivity index (χ0n) is 12.4. The number of rotatable bonds is 5. The van der Waals surface area contributed by atoms with Gasteiger partial charge in [0, 0.05) is 16.6 Å². The molecule has 0 aromatic heterocycles. The van der Waals surface area contributed by atoms with Crippen molar-refractivity contribution in [2.45, 2.75) is 0 Å². The minimum Gasteiger partial charge on any atom is -0.465 e. The van der Waals surface area contributed by atoms with Gasteiger partial charge in [-0.05, 0) is 24.3 Å². The normalized spacial score (nSPS) is 9.78. The van der Waals surface area contributed by atoms with Crippen molar-refractivity contribution in [1.29, 1.82) is 10.7 Å². The second kappa shape index (κ2) is 7.56. The van der Waals surface area contributed by atoms with Crippen molar-refractivity contribution in [2.24, 2.45) is 0 Å². The third-order valence-corrected chi connectivity index (χ3v) is 3.78. The fraction of sp³-hybridized carbons (Fsp3) is 0.118. The monoisotopic (exact) mass is 371 g/mol. The SMILES string of the molecule is COC(=O)c1ccc(Nc2ccccc2C(=N)CBr)c(C#N)c1. The van der Waals surface area contributed by atoms with Crippen LogP contribution in [0, 0.1) is 16.7 Å². The zero-order valence-corrected chi connectivity index (χ0v) is 14.0. The van der Waals surface area contributed by atoms with Gasteiger partial charge in [0.1, 0.15) is 6.07 Å². The Labute approximate surface area is 142 Å². The third kappa shape index (κ3) is 3.76. The number of benzene rings is 2. The van der Waals surface area contributed by atoms with E-state index in [0.29, 0.717) is 27.9 Å². The summed E-state index contributed by atoms with van der Waals surface area (Å²) in [6.07, 6.45) is 0. The molecule has 0 heterocycles. The highest BCUT2D eigenvalue weighted by Gasteiger charge is 2.12. The molecule has 0 fully saturated rings. The van der Waals surface area contributed by atoms with Crippen molar-refractivity contribution in [3.8, 4) is 6.07 Å². The minimum absolute atomic E-state index is 0.316. The lowest BCUT2D eigenvalue weighted by molar-refractivity contribution is 0.0600. The van der Waals surface area contributed by atoms with Crippen LogP contribution in [0.4, 0.5) is 11.4 Å². The number of nitriles is 1. The molecule has 0 spiro atoms. The highest BCUT2D eigenvalue weighted by molar-refractivity contribution is 9.09. The highest BCUT2D eigenvalue weighted by Crippen LogP contribution is 2.25. The number of esters is 1. The molecule has 0 saturated carbocycles. The first kappa shape index (κ1) is 16.7. The van der Waals surface area contributed by atoms with Crippen LogP contribution in [0.5, 0.6) is 0 Å². The van der Waals surface area contributed by atoms with E-state index in [2.05, 4.69) is 32.1 Å². The summed E-state index contributed by atoms with van der Waals surface area (Å²) in [5, 5.41) is 20.9. The number of hydrogen-bond acceptors (Lipinski definition) is 5. The van der Waals surface area contributed by atoms with Gasteiger partial charge in [-0.25, -0.2) is 4.79 Å². The first-order chi connectivity index (χ1) is 11.1. The fourth-order valence-electron chi connectivity index (χ4n) is 2.06. The Bertz CT molecular complexity index is 797. The number of alkyl halides is 1. The summed E-state index contributed by atoms with van der Waals surface area (Å²) in [6.45, 7) is 0. The first-order valence-corrected chi connectivity index (χ1v) is 7.85. The quantitative estimate of drug-likeness (QED) is 0.474. The van der Waals surface area contributed by atoms with Gasteiger partial charge < -0.3 is 15.5 Å². The van der Waals surface area contributed by atoms with Crippen molar-refractivity contribution in [2.75, 3.05) is 17.8 Å². The summed E-state index contributed by atoms with van der Waals surface area (Å²) in [4.78, 5) is 11.5. The predicted octanol–water partition coefficient (Wildman–Crippen LogP) is 3.85. The van der Waals surface area contributed by atoms with Crippen molar-refractivity contribution < 1.29 is 9.53 Å². The van der Waals surface area contributed by atoms with E-state index >= 15 is 0 Å². The van der Waals surface area contributed by atoms with Crippen LogP contribution >= 0.6 is 15.9 Å². The molecule has 2 N–H and O–H groups in total. The van der Waals surface area contributed by atoms with Crippen LogP contribution in [-0.2, 0) is 4.74 Å². The summed E-state index contributed by atoms with van der Waals surface area (Å²) in [5.74, 6) is -0.491. The van der Waals surface area contributed by atoms with E-state index in [4.69, 9.17) is 5.41 Å². The summed E-state index contributed by atoms with van der Waals surface area (Å²) >= 11 is 3.28. The molecular formula is C17H14BrN3O2. The molecule has 0 bridgehead atoms. The predicted molar refractivity (Wildman–Crippen MR) is 92.8 cm³/mol. The lowest BCUT2D eigenvalue weighted by atomic mass is 10.1. The average Bonchev–Trinajstić information content (AvgIpc) is 2.61. The summed E-state index contributed by atoms with van der Waals surface area (Å²) in [5.41, 5.74) is 3.10. The Morgan fingerprint density at radius 3 is 2.70 bits per heavy atom. The second-order valence-electron chi connectivity index (χ2n) is 4.65. The van der Waals surface area contributed by atoms with Crippen LogP contribution in [-0.4, -0.2) is 24.1 Å². The largest absolute Gasteiger partial charge is 0.465 e. The van der Waals surface area contributed by atoms with E-state index in [-0.39, 0.29) is 0 Å². The molecule has 0 aliphatic carbocycles. The van der Waals surface area contributed by atoms with Gasteiger partial charge in [0.05, 0.1) is 29.6 Å². The standard InChI is InChI=1S/C17H14BrN3O2/c1-23-17(22)11-6-7-15(12(8-11)10-19)21-16-5-3-2-4-13(16)14(20)9-18/h2-8,20-21H,9H2,1H3. The number of anilines is 2. The van der Waals surface area contributed by atoms with E-state index in [1.807, 2.05) is 24.3 Å².